The van der Waals surface area contributed by atoms with E-state index in [4.69, 9.17) is 0 Å². The number of rotatable bonds is 0. The number of aromatic nitrogens is 3. The second-order valence-electron chi connectivity index (χ2n) is 5.66. The van der Waals surface area contributed by atoms with Crippen LogP contribution in [0.5, 0.6) is 0 Å². The Bertz CT molecular complexity index is 636. The number of amides is 1. The molecule has 0 saturated heterocycles. The Balaban J connectivity index is 2.34. The van der Waals surface area contributed by atoms with E-state index in [1.165, 1.54) is 6.33 Å². The largest absolute Gasteiger partial charge is 0.327 e. The van der Waals surface area contributed by atoms with Crippen LogP contribution in [0.4, 0.5) is 5.82 Å². The van der Waals surface area contributed by atoms with Gasteiger partial charge in [0.1, 0.15) is 17.8 Å². The van der Waals surface area contributed by atoms with Crippen LogP contribution in [0.1, 0.15) is 32.8 Å². The predicted octanol–water partition coefficient (Wildman–Crippen LogP) is 2.07. The maximum Gasteiger partial charge on any atom is 0.225 e. The Morgan fingerprint density at radius 2 is 2.06 bits per heavy atom. The number of aryl methyl sites for hydroxylation is 1. The quantitative estimate of drug-likeness (QED) is 0.771. The van der Waals surface area contributed by atoms with E-state index in [0.29, 0.717) is 12.2 Å². The lowest BCUT2D eigenvalue weighted by molar-refractivity contribution is -0.116. The first kappa shape index (κ1) is 11.2. The standard InChI is InChI=1S/C13H16N4O/c1-13(2,3)17-6-8-4-5-9(18)16-11-10(8)12(17)15-7-14-11/h6-7H,4-5H2,1-3H3,(H,14,15,16,18). The minimum atomic E-state index is -0.0364. The number of hydrogen-bond donors (Lipinski definition) is 1. The third-order valence-electron chi connectivity index (χ3n) is 3.26. The van der Waals surface area contributed by atoms with Crippen molar-refractivity contribution in [3.05, 3.63) is 18.1 Å². The molecule has 0 atom stereocenters. The molecule has 94 valence electrons. The maximum atomic E-state index is 11.6. The molecule has 3 heterocycles. The van der Waals surface area contributed by atoms with E-state index in [1.54, 1.807) is 0 Å². The van der Waals surface area contributed by atoms with Crippen molar-refractivity contribution in [2.75, 3.05) is 5.32 Å². The number of carbonyl (C=O) groups excluding carboxylic acids is 1. The molecular weight excluding hydrogens is 228 g/mol. The smallest absolute Gasteiger partial charge is 0.225 e. The van der Waals surface area contributed by atoms with E-state index in [2.05, 4.69) is 46.8 Å². The number of hydrogen-bond acceptors (Lipinski definition) is 3. The Labute approximate surface area is 105 Å². The molecule has 1 amide bonds. The van der Waals surface area contributed by atoms with Crippen LogP contribution in [0.25, 0.3) is 11.0 Å². The van der Waals surface area contributed by atoms with Crippen LogP contribution in [0.2, 0.25) is 0 Å². The number of carbonyl (C=O) groups is 1. The van der Waals surface area contributed by atoms with Crippen molar-refractivity contribution >= 4 is 22.8 Å². The van der Waals surface area contributed by atoms with Gasteiger partial charge < -0.3 is 9.88 Å². The summed E-state index contributed by atoms with van der Waals surface area (Å²) in [4.78, 5) is 20.2. The van der Waals surface area contributed by atoms with Gasteiger partial charge in [0.2, 0.25) is 5.91 Å². The van der Waals surface area contributed by atoms with Crippen molar-refractivity contribution in [1.29, 1.82) is 0 Å². The van der Waals surface area contributed by atoms with Gasteiger partial charge in [0, 0.05) is 18.2 Å². The third kappa shape index (κ3) is 1.58. The SMILES string of the molecule is CC(C)(C)n1cc2c3c(ncnc31)NC(=O)CC2. The molecule has 0 unspecified atom stereocenters. The van der Waals surface area contributed by atoms with E-state index in [1.807, 2.05) is 0 Å². The van der Waals surface area contributed by atoms with Crippen LogP contribution >= 0.6 is 0 Å². The maximum absolute atomic E-state index is 11.6. The number of nitrogens with zero attached hydrogens (tertiary/aromatic N) is 3. The summed E-state index contributed by atoms with van der Waals surface area (Å²) >= 11 is 0. The van der Waals surface area contributed by atoms with Gasteiger partial charge >= 0.3 is 0 Å². The molecule has 0 fully saturated rings. The molecule has 1 aliphatic heterocycles. The highest BCUT2D eigenvalue weighted by molar-refractivity contribution is 6.02. The first-order valence-electron chi connectivity index (χ1n) is 6.12. The van der Waals surface area contributed by atoms with E-state index in [9.17, 15) is 4.79 Å². The van der Waals surface area contributed by atoms with Gasteiger partial charge in [-0.05, 0) is 32.8 Å². The lowest BCUT2D eigenvalue weighted by atomic mass is 10.1. The molecule has 1 aliphatic rings. The molecule has 0 radical (unpaired) electrons. The molecule has 5 heteroatoms. The predicted molar refractivity (Wildman–Crippen MR) is 69.5 cm³/mol. The minimum Gasteiger partial charge on any atom is -0.327 e. The summed E-state index contributed by atoms with van der Waals surface area (Å²) in [5, 5.41) is 3.83. The second-order valence-corrected chi connectivity index (χ2v) is 5.66. The highest BCUT2D eigenvalue weighted by Crippen LogP contribution is 2.32. The van der Waals surface area contributed by atoms with Crippen LogP contribution in [0.3, 0.4) is 0 Å². The lowest BCUT2D eigenvalue weighted by Crippen LogP contribution is -2.21. The van der Waals surface area contributed by atoms with Gasteiger partial charge in [-0.25, -0.2) is 9.97 Å². The Morgan fingerprint density at radius 3 is 2.78 bits per heavy atom. The zero-order valence-corrected chi connectivity index (χ0v) is 10.8. The normalized spacial score (nSPS) is 15.6. The molecule has 1 N–H and O–H groups in total. The average molecular weight is 244 g/mol. The monoisotopic (exact) mass is 244 g/mol. The van der Waals surface area contributed by atoms with Crippen molar-refractivity contribution in [2.24, 2.45) is 0 Å². The minimum absolute atomic E-state index is 0.0218. The summed E-state index contributed by atoms with van der Waals surface area (Å²) in [6, 6.07) is 0. The topological polar surface area (TPSA) is 59.8 Å². The molecule has 2 aromatic rings. The van der Waals surface area contributed by atoms with Gasteiger partial charge in [-0.2, -0.15) is 0 Å². The fourth-order valence-corrected chi connectivity index (χ4v) is 2.37. The molecule has 0 bridgehead atoms. The molecular formula is C13H16N4O. The molecule has 18 heavy (non-hydrogen) atoms. The van der Waals surface area contributed by atoms with Crippen molar-refractivity contribution in [3.63, 3.8) is 0 Å². The van der Waals surface area contributed by atoms with Crippen LogP contribution in [-0.4, -0.2) is 20.4 Å². The van der Waals surface area contributed by atoms with E-state index in [0.717, 1.165) is 23.0 Å². The van der Waals surface area contributed by atoms with Gasteiger partial charge in [-0.15, -0.1) is 0 Å². The summed E-state index contributed by atoms with van der Waals surface area (Å²) in [7, 11) is 0. The number of anilines is 1. The summed E-state index contributed by atoms with van der Waals surface area (Å²) < 4.78 is 2.15. The zero-order chi connectivity index (χ0) is 12.9. The van der Waals surface area contributed by atoms with Crippen LogP contribution in [-0.2, 0) is 16.8 Å². The van der Waals surface area contributed by atoms with Crippen LogP contribution < -0.4 is 5.32 Å². The summed E-state index contributed by atoms with van der Waals surface area (Å²) in [6.45, 7) is 6.42. The molecule has 0 aliphatic carbocycles. The van der Waals surface area contributed by atoms with Crippen LogP contribution in [0.15, 0.2) is 12.5 Å². The summed E-state index contributed by atoms with van der Waals surface area (Å²) in [5.74, 6) is 0.661. The van der Waals surface area contributed by atoms with Gasteiger partial charge in [0.05, 0.1) is 5.39 Å². The highest BCUT2D eigenvalue weighted by atomic mass is 16.1. The van der Waals surface area contributed by atoms with Crippen LogP contribution in [0, 0.1) is 0 Å². The van der Waals surface area contributed by atoms with Gasteiger partial charge in [0.25, 0.3) is 0 Å². The molecule has 5 nitrogen and oxygen atoms in total. The third-order valence-corrected chi connectivity index (χ3v) is 3.26. The first-order chi connectivity index (χ1) is 8.47. The fraction of sp³-hybridized carbons (Fsp3) is 0.462. The Hall–Kier alpha value is -1.91. The molecule has 3 rings (SSSR count). The van der Waals surface area contributed by atoms with Crippen molar-refractivity contribution in [1.82, 2.24) is 14.5 Å². The Kier molecular flexibility index (Phi) is 2.20. The molecule has 2 aromatic heterocycles. The van der Waals surface area contributed by atoms with Crippen molar-refractivity contribution in [2.45, 2.75) is 39.2 Å². The second kappa shape index (κ2) is 3.54. The fourth-order valence-electron chi connectivity index (χ4n) is 2.37. The zero-order valence-electron chi connectivity index (χ0n) is 10.8. The lowest BCUT2D eigenvalue weighted by Gasteiger charge is -2.22. The van der Waals surface area contributed by atoms with Crippen molar-refractivity contribution < 1.29 is 4.79 Å². The first-order valence-corrected chi connectivity index (χ1v) is 6.12. The highest BCUT2D eigenvalue weighted by Gasteiger charge is 2.24. The van der Waals surface area contributed by atoms with Gasteiger partial charge in [-0.1, -0.05) is 0 Å². The Morgan fingerprint density at radius 1 is 1.28 bits per heavy atom. The van der Waals surface area contributed by atoms with E-state index in [-0.39, 0.29) is 11.4 Å². The van der Waals surface area contributed by atoms with E-state index >= 15 is 0 Å². The average Bonchev–Trinajstić information content (AvgIpc) is 2.57. The van der Waals surface area contributed by atoms with Gasteiger partial charge in [-0.3, -0.25) is 4.79 Å². The van der Waals surface area contributed by atoms with Gasteiger partial charge in [0.15, 0.2) is 0 Å². The molecule has 0 saturated carbocycles. The summed E-state index contributed by atoms with van der Waals surface area (Å²) in [6.07, 6.45) is 4.85. The van der Waals surface area contributed by atoms with E-state index < -0.39 is 0 Å². The molecule has 0 spiro atoms. The van der Waals surface area contributed by atoms with Crippen molar-refractivity contribution in [3.8, 4) is 0 Å². The number of nitrogens with one attached hydrogen (secondary N) is 1. The summed E-state index contributed by atoms with van der Waals surface area (Å²) in [5.41, 5.74) is 2.00. The molecule has 0 aromatic carbocycles.